The van der Waals surface area contributed by atoms with E-state index in [-0.39, 0.29) is 23.5 Å². The molecule has 3 rings (SSSR count). The van der Waals surface area contributed by atoms with E-state index in [2.05, 4.69) is 10.3 Å². The van der Waals surface area contributed by atoms with Crippen LogP contribution in [-0.4, -0.2) is 42.8 Å². The van der Waals surface area contributed by atoms with E-state index < -0.39 is 10.0 Å². The van der Waals surface area contributed by atoms with Crippen LogP contribution in [0.1, 0.15) is 13.3 Å². The molecule has 1 N–H and O–H groups in total. The van der Waals surface area contributed by atoms with Gasteiger partial charge >= 0.3 is 0 Å². The van der Waals surface area contributed by atoms with Crippen LogP contribution in [0, 0.1) is 0 Å². The number of nitrogens with zero attached hydrogens (tertiary/aromatic N) is 2. The number of hydrogen-bond acceptors (Lipinski definition) is 5. The number of nitrogens with one attached hydrogen (secondary N) is 1. The van der Waals surface area contributed by atoms with Crippen LogP contribution in [0.4, 0.5) is 5.69 Å². The quantitative estimate of drug-likeness (QED) is 0.840. The maximum Gasteiger partial charge on any atom is 0.243 e. The van der Waals surface area contributed by atoms with Gasteiger partial charge in [0.1, 0.15) is 16.9 Å². The van der Waals surface area contributed by atoms with Gasteiger partial charge in [-0.15, -0.1) is 0 Å². The normalized spacial score (nSPS) is 17.8. The second kappa shape index (κ2) is 7.61. The molecule has 1 aromatic heterocycles. The zero-order valence-electron chi connectivity index (χ0n) is 14.1. The Morgan fingerprint density at radius 2 is 2.04 bits per heavy atom. The number of ether oxygens (including phenoxy) is 1. The molecule has 2 aromatic rings. The maximum absolute atomic E-state index is 12.8. The summed E-state index contributed by atoms with van der Waals surface area (Å²) in [4.78, 5) is 15.1. The molecular weight excluding hydrogens is 378 g/mol. The van der Waals surface area contributed by atoms with Gasteiger partial charge in [-0.2, -0.15) is 4.31 Å². The van der Waals surface area contributed by atoms with E-state index in [0.29, 0.717) is 29.4 Å². The smallest absolute Gasteiger partial charge is 0.243 e. The van der Waals surface area contributed by atoms with Gasteiger partial charge in [-0.05, 0) is 30.7 Å². The zero-order valence-corrected chi connectivity index (χ0v) is 15.6. The summed E-state index contributed by atoms with van der Waals surface area (Å²) in [6.45, 7) is 2.00. The number of carbonyl (C=O) groups is 1. The van der Waals surface area contributed by atoms with E-state index in [0.717, 1.165) is 0 Å². The van der Waals surface area contributed by atoms with E-state index in [1.165, 1.54) is 29.6 Å². The molecule has 1 unspecified atom stereocenters. The van der Waals surface area contributed by atoms with Gasteiger partial charge in [0.2, 0.25) is 15.9 Å². The third kappa shape index (κ3) is 4.14. The Morgan fingerprint density at radius 1 is 1.31 bits per heavy atom. The molecule has 1 fully saturated rings. The van der Waals surface area contributed by atoms with Crippen LogP contribution in [0.2, 0.25) is 5.02 Å². The van der Waals surface area contributed by atoms with Crippen LogP contribution in [0.15, 0.2) is 47.6 Å². The first-order valence-corrected chi connectivity index (χ1v) is 9.82. The number of halogens is 1. The Bertz CT molecular complexity index is 902. The van der Waals surface area contributed by atoms with Crippen LogP contribution >= 0.6 is 11.6 Å². The van der Waals surface area contributed by atoms with Gasteiger partial charge in [0, 0.05) is 37.6 Å². The molecule has 1 saturated heterocycles. The molecule has 1 aromatic carbocycles. The van der Waals surface area contributed by atoms with E-state index in [4.69, 9.17) is 16.3 Å². The van der Waals surface area contributed by atoms with Crippen molar-refractivity contribution in [3.05, 3.63) is 47.7 Å². The number of carbonyl (C=O) groups excluding carboxylic acids is 1. The number of rotatable bonds is 5. The second-order valence-electron chi connectivity index (χ2n) is 5.90. The summed E-state index contributed by atoms with van der Waals surface area (Å²) >= 11 is 6.03. The fourth-order valence-corrected chi connectivity index (χ4v) is 4.36. The molecule has 1 aliphatic rings. The molecule has 0 spiro atoms. The number of benzene rings is 1. The van der Waals surface area contributed by atoms with Gasteiger partial charge in [-0.25, -0.2) is 8.42 Å². The fourth-order valence-electron chi connectivity index (χ4n) is 2.71. The number of anilines is 1. The number of pyridine rings is 1. The van der Waals surface area contributed by atoms with Gasteiger partial charge in [-0.3, -0.25) is 9.78 Å². The summed E-state index contributed by atoms with van der Waals surface area (Å²) in [6.07, 6.45) is 3.35. The average molecular weight is 396 g/mol. The van der Waals surface area contributed by atoms with Crippen molar-refractivity contribution in [2.45, 2.75) is 24.3 Å². The first kappa shape index (κ1) is 18.6. The predicted molar refractivity (Wildman–Crippen MR) is 97.8 cm³/mol. The summed E-state index contributed by atoms with van der Waals surface area (Å²) in [6, 6.07) is 7.74. The molecule has 1 amide bonds. The highest BCUT2D eigenvalue weighted by atomic mass is 35.5. The van der Waals surface area contributed by atoms with E-state index in [1.807, 2.05) is 0 Å². The maximum atomic E-state index is 12.8. The predicted octanol–water partition coefficient (Wildman–Crippen LogP) is 2.54. The molecule has 26 heavy (non-hydrogen) atoms. The third-order valence-corrected chi connectivity index (χ3v) is 6.11. The van der Waals surface area contributed by atoms with Gasteiger partial charge in [0.25, 0.3) is 0 Å². The van der Waals surface area contributed by atoms with E-state index >= 15 is 0 Å². The lowest BCUT2D eigenvalue weighted by molar-refractivity contribution is -0.114. The highest BCUT2D eigenvalue weighted by Gasteiger charge is 2.33. The molecule has 7 nitrogen and oxygen atoms in total. The summed E-state index contributed by atoms with van der Waals surface area (Å²) in [5, 5.41) is 3.00. The Balaban J connectivity index is 1.69. The minimum absolute atomic E-state index is 0.175. The summed E-state index contributed by atoms with van der Waals surface area (Å²) < 4.78 is 32.8. The SMILES string of the molecule is CC(=O)Nc1ccc(S(=O)(=O)N2CCC(Oc3ccncc3Cl)C2)cc1. The van der Waals surface area contributed by atoms with E-state index in [1.54, 1.807) is 24.4 Å². The Kier molecular flexibility index (Phi) is 5.45. The summed E-state index contributed by atoms with van der Waals surface area (Å²) in [5.74, 6) is 0.278. The van der Waals surface area contributed by atoms with Crippen molar-refractivity contribution in [1.29, 1.82) is 0 Å². The van der Waals surface area contributed by atoms with Crippen molar-refractivity contribution >= 4 is 33.2 Å². The largest absolute Gasteiger partial charge is 0.487 e. The minimum Gasteiger partial charge on any atom is -0.487 e. The van der Waals surface area contributed by atoms with Crippen LogP contribution in [0.3, 0.4) is 0 Å². The summed E-state index contributed by atoms with van der Waals surface area (Å²) in [5.41, 5.74) is 0.548. The monoisotopic (exact) mass is 395 g/mol. The van der Waals surface area contributed by atoms with Crippen LogP contribution in [0.25, 0.3) is 0 Å². The van der Waals surface area contributed by atoms with Gasteiger partial charge in [0.15, 0.2) is 0 Å². The highest BCUT2D eigenvalue weighted by molar-refractivity contribution is 7.89. The molecule has 0 saturated carbocycles. The lowest BCUT2D eigenvalue weighted by Gasteiger charge is -2.18. The van der Waals surface area contributed by atoms with Crippen LogP contribution in [0.5, 0.6) is 5.75 Å². The zero-order chi connectivity index (χ0) is 18.7. The molecular formula is C17H18ClN3O4S. The van der Waals surface area contributed by atoms with Crippen molar-refractivity contribution < 1.29 is 17.9 Å². The fraction of sp³-hybridized carbons (Fsp3) is 0.294. The van der Waals surface area contributed by atoms with Crippen LogP contribution in [-0.2, 0) is 14.8 Å². The Hall–Kier alpha value is -2.16. The first-order valence-electron chi connectivity index (χ1n) is 8.00. The van der Waals surface area contributed by atoms with Gasteiger partial charge < -0.3 is 10.1 Å². The molecule has 9 heteroatoms. The topological polar surface area (TPSA) is 88.6 Å². The van der Waals surface area contributed by atoms with Crippen LogP contribution < -0.4 is 10.1 Å². The molecule has 2 heterocycles. The van der Waals surface area contributed by atoms with Gasteiger partial charge in [0.05, 0.1) is 11.4 Å². The molecule has 0 radical (unpaired) electrons. The first-order chi connectivity index (χ1) is 12.4. The number of amides is 1. The number of aromatic nitrogens is 1. The second-order valence-corrected chi connectivity index (χ2v) is 8.25. The standard InChI is InChI=1S/C17H18ClN3O4S/c1-12(22)20-13-2-4-15(5-3-13)26(23,24)21-9-7-14(11-21)25-17-6-8-19-10-16(17)18/h2-6,8,10,14H,7,9,11H2,1H3,(H,20,22). The Morgan fingerprint density at radius 3 is 2.69 bits per heavy atom. The minimum atomic E-state index is -3.62. The van der Waals surface area contributed by atoms with Crippen molar-refractivity contribution in [2.75, 3.05) is 18.4 Å². The van der Waals surface area contributed by atoms with Crippen molar-refractivity contribution in [3.63, 3.8) is 0 Å². The average Bonchev–Trinajstić information content (AvgIpc) is 3.06. The number of sulfonamides is 1. The molecule has 1 aliphatic heterocycles. The highest BCUT2D eigenvalue weighted by Crippen LogP contribution is 2.28. The lowest BCUT2D eigenvalue weighted by Crippen LogP contribution is -2.31. The molecule has 138 valence electrons. The summed E-state index contributed by atoms with van der Waals surface area (Å²) in [7, 11) is -3.62. The van der Waals surface area contributed by atoms with Crippen molar-refractivity contribution in [3.8, 4) is 5.75 Å². The van der Waals surface area contributed by atoms with Crippen molar-refractivity contribution in [1.82, 2.24) is 9.29 Å². The number of hydrogen-bond donors (Lipinski definition) is 1. The van der Waals surface area contributed by atoms with Crippen molar-refractivity contribution in [2.24, 2.45) is 0 Å². The molecule has 1 atom stereocenters. The third-order valence-electron chi connectivity index (χ3n) is 3.95. The lowest BCUT2D eigenvalue weighted by atomic mass is 10.3. The molecule has 0 bridgehead atoms. The molecule has 0 aliphatic carbocycles. The van der Waals surface area contributed by atoms with E-state index in [9.17, 15) is 13.2 Å². The van der Waals surface area contributed by atoms with Gasteiger partial charge in [-0.1, -0.05) is 11.6 Å². The Labute approximate surface area is 157 Å².